The van der Waals surface area contributed by atoms with E-state index in [1.807, 2.05) is 0 Å². The van der Waals surface area contributed by atoms with E-state index >= 15 is 0 Å². The lowest BCUT2D eigenvalue weighted by Crippen LogP contribution is -2.61. The van der Waals surface area contributed by atoms with Gasteiger partial charge in [0.15, 0.2) is 12.4 Å². The first-order valence-electron chi connectivity index (χ1n) is 8.21. The zero-order valence-electron chi connectivity index (χ0n) is 15.9. The highest BCUT2D eigenvalue weighted by Crippen LogP contribution is 2.27. The van der Waals surface area contributed by atoms with Crippen LogP contribution in [0.3, 0.4) is 0 Å². The largest absolute Gasteiger partial charge is 0.462 e. The van der Waals surface area contributed by atoms with Gasteiger partial charge in [0.1, 0.15) is 24.9 Å². The van der Waals surface area contributed by atoms with Crippen molar-refractivity contribution in [2.75, 3.05) is 13.7 Å². The molecule has 0 amide bonds. The number of rotatable bonds is 4. The Morgan fingerprint density at radius 3 is 1.92 bits per heavy atom. The van der Waals surface area contributed by atoms with Crippen LogP contribution >= 0.6 is 0 Å². The van der Waals surface area contributed by atoms with E-state index in [0.29, 0.717) is 0 Å². The fourth-order valence-corrected chi connectivity index (χ4v) is 2.03. The molecule has 25 heavy (non-hydrogen) atoms. The summed E-state index contributed by atoms with van der Waals surface area (Å²) in [5.74, 6) is -1.03. The van der Waals surface area contributed by atoms with E-state index in [0.717, 1.165) is 0 Å². The number of hydrogen-bond donors (Lipinski definition) is 2. The van der Waals surface area contributed by atoms with Crippen LogP contribution in [-0.4, -0.2) is 66.6 Å². The molecule has 8 nitrogen and oxygen atoms in total. The van der Waals surface area contributed by atoms with Crippen LogP contribution < -0.4 is 0 Å². The maximum atomic E-state index is 12.1. The van der Waals surface area contributed by atoms with Gasteiger partial charge in [0, 0.05) is 7.11 Å². The van der Waals surface area contributed by atoms with Crippen molar-refractivity contribution in [3.8, 4) is 0 Å². The number of aliphatic hydroxyl groups excluding tert-OH is 2. The van der Waals surface area contributed by atoms with Gasteiger partial charge in [-0.3, -0.25) is 9.59 Å². The van der Waals surface area contributed by atoms with Gasteiger partial charge in [-0.2, -0.15) is 0 Å². The van der Waals surface area contributed by atoms with Gasteiger partial charge in [-0.05, 0) is 41.5 Å². The SMILES string of the molecule is CO[C@H]1OC(COC(=O)C(C)(C)C)[C@@H](O)C(O)C1OC(=O)C(C)(C)C. The number of esters is 2. The van der Waals surface area contributed by atoms with Gasteiger partial charge in [0.2, 0.25) is 0 Å². The fourth-order valence-electron chi connectivity index (χ4n) is 2.03. The standard InChI is InChI=1S/C17H30O8/c1-16(2,3)14(20)23-8-9-10(18)11(19)12(13(22-7)24-9)25-15(21)17(4,5)6/h9-13,18-19H,8H2,1-7H3/t9?,10-,11?,12?,13+/m1/s1. The molecule has 0 aromatic rings. The monoisotopic (exact) mass is 362 g/mol. The molecular weight excluding hydrogens is 332 g/mol. The highest BCUT2D eigenvalue weighted by atomic mass is 16.7. The molecule has 1 saturated heterocycles. The summed E-state index contributed by atoms with van der Waals surface area (Å²) in [6.45, 7) is 9.83. The molecule has 0 spiro atoms. The highest BCUT2D eigenvalue weighted by Gasteiger charge is 2.48. The molecule has 1 rings (SSSR count). The molecule has 1 heterocycles. The van der Waals surface area contributed by atoms with Gasteiger partial charge in [0.05, 0.1) is 10.8 Å². The van der Waals surface area contributed by atoms with Crippen molar-refractivity contribution in [2.24, 2.45) is 10.8 Å². The molecule has 0 aromatic heterocycles. The third-order valence-electron chi connectivity index (χ3n) is 3.72. The second-order valence-electron chi connectivity index (χ2n) is 8.23. The van der Waals surface area contributed by atoms with E-state index in [2.05, 4.69) is 0 Å². The van der Waals surface area contributed by atoms with Crippen molar-refractivity contribution in [3.63, 3.8) is 0 Å². The number of ether oxygens (including phenoxy) is 4. The summed E-state index contributed by atoms with van der Waals surface area (Å²) in [6.07, 6.45) is -6.14. The van der Waals surface area contributed by atoms with E-state index < -0.39 is 53.5 Å². The fraction of sp³-hybridized carbons (Fsp3) is 0.882. The molecule has 0 aliphatic carbocycles. The third kappa shape index (κ3) is 5.64. The smallest absolute Gasteiger partial charge is 0.311 e. The number of carbonyl (C=O) groups is 2. The summed E-state index contributed by atoms with van der Waals surface area (Å²) >= 11 is 0. The lowest BCUT2D eigenvalue weighted by atomic mass is 9.95. The first kappa shape index (κ1) is 21.8. The van der Waals surface area contributed by atoms with Crippen LogP contribution in [0.2, 0.25) is 0 Å². The normalized spacial score (nSPS) is 30.7. The van der Waals surface area contributed by atoms with Crippen LogP contribution in [0.15, 0.2) is 0 Å². The van der Waals surface area contributed by atoms with Crippen LogP contribution in [0.1, 0.15) is 41.5 Å². The summed E-state index contributed by atoms with van der Waals surface area (Å²) in [5, 5.41) is 20.6. The van der Waals surface area contributed by atoms with Gasteiger partial charge < -0.3 is 29.2 Å². The van der Waals surface area contributed by atoms with Crippen molar-refractivity contribution < 1.29 is 38.7 Å². The number of methoxy groups -OCH3 is 1. The van der Waals surface area contributed by atoms with Gasteiger partial charge in [-0.1, -0.05) is 0 Å². The molecule has 2 N–H and O–H groups in total. The molecule has 5 atom stereocenters. The Bertz CT molecular complexity index is 472. The molecule has 0 saturated carbocycles. The molecule has 0 bridgehead atoms. The minimum absolute atomic E-state index is 0.256. The first-order valence-corrected chi connectivity index (χ1v) is 8.21. The van der Waals surface area contributed by atoms with Crippen LogP contribution in [0, 0.1) is 10.8 Å². The summed E-state index contributed by atoms with van der Waals surface area (Å²) in [4.78, 5) is 23.9. The number of hydrogen-bond acceptors (Lipinski definition) is 8. The molecule has 1 aliphatic heterocycles. The summed E-state index contributed by atoms with van der Waals surface area (Å²) in [7, 11) is 1.32. The lowest BCUT2D eigenvalue weighted by molar-refractivity contribution is -0.300. The Balaban J connectivity index is 2.79. The molecular formula is C17H30O8. The minimum Gasteiger partial charge on any atom is -0.462 e. The average Bonchev–Trinajstić information content (AvgIpc) is 2.48. The van der Waals surface area contributed by atoms with E-state index in [9.17, 15) is 19.8 Å². The van der Waals surface area contributed by atoms with Crippen molar-refractivity contribution in [2.45, 2.75) is 72.2 Å². The van der Waals surface area contributed by atoms with Gasteiger partial charge in [-0.25, -0.2) is 0 Å². The van der Waals surface area contributed by atoms with Crippen LogP contribution in [0.5, 0.6) is 0 Å². The second-order valence-corrected chi connectivity index (χ2v) is 8.23. The average molecular weight is 362 g/mol. The zero-order valence-corrected chi connectivity index (χ0v) is 15.9. The Kier molecular flexibility index (Phi) is 6.97. The van der Waals surface area contributed by atoms with Crippen molar-refractivity contribution in [1.82, 2.24) is 0 Å². The Morgan fingerprint density at radius 2 is 1.48 bits per heavy atom. The summed E-state index contributed by atoms with van der Waals surface area (Å²) in [6, 6.07) is 0. The van der Waals surface area contributed by atoms with Gasteiger partial charge >= 0.3 is 11.9 Å². The Hall–Kier alpha value is -1.22. The van der Waals surface area contributed by atoms with Gasteiger partial charge in [0.25, 0.3) is 0 Å². The van der Waals surface area contributed by atoms with Crippen molar-refractivity contribution in [1.29, 1.82) is 0 Å². The molecule has 3 unspecified atom stereocenters. The molecule has 1 aliphatic rings. The van der Waals surface area contributed by atoms with E-state index in [-0.39, 0.29) is 6.61 Å². The molecule has 8 heteroatoms. The number of carbonyl (C=O) groups excluding carboxylic acids is 2. The molecule has 146 valence electrons. The second kappa shape index (κ2) is 7.99. The van der Waals surface area contributed by atoms with Crippen LogP contribution in [-0.2, 0) is 28.5 Å². The van der Waals surface area contributed by atoms with E-state index in [4.69, 9.17) is 18.9 Å². The quantitative estimate of drug-likeness (QED) is 0.701. The zero-order chi connectivity index (χ0) is 19.6. The lowest BCUT2D eigenvalue weighted by Gasteiger charge is -2.41. The first-order chi connectivity index (χ1) is 11.3. The third-order valence-corrected chi connectivity index (χ3v) is 3.72. The predicted molar refractivity (Wildman–Crippen MR) is 87.4 cm³/mol. The van der Waals surface area contributed by atoms with Crippen molar-refractivity contribution in [3.05, 3.63) is 0 Å². The minimum atomic E-state index is -1.44. The molecule has 0 aromatic carbocycles. The number of aliphatic hydroxyl groups is 2. The van der Waals surface area contributed by atoms with Crippen LogP contribution in [0.4, 0.5) is 0 Å². The molecule has 0 radical (unpaired) electrons. The Morgan fingerprint density at radius 1 is 0.960 bits per heavy atom. The summed E-state index contributed by atoms with van der Waals surface area (Å²) < 4.78 is 21.0. The molecule has 1 fully saturated rings. The van der Waals surface area contributed by atoms with E-state index in [1.54, 1.807) is 41.5 Å². The van der Waals surface area contributed by atoms with Crippen molar-refractivity contribution >= 4 is 11.9 Å². The maximum Gasteiger partial charge on any atom is 0.311 e. The maximum absolute atomic E-state index is 12.1. The highest BCUT2D eigenvalue weighted by molar-refractivity contribution is 5.76. The van der Waals surface area contributed by atoms with E-state index in [1.165, 1.54) is 7.11 Å². The predicted octanol–water partition coefficient (Wildman–Crippen LogP) is 0.627. The van der Waals surface area contributed by atoms with Gasteiger partial charge in [-0.15, -0.1) is 0 Å². The topological polar surface area (TPSA) is 112 Å². The summed E-state index contributed by atoms with van der Waals surface area (Å²) in [5.41, 5.74) is -1.49. The van der Waals surface area contributed by atoms with Crippen LogP contribution in [0.25, 0.3) is 0 Å². The Labute approximate surface area is 148 Å².